The average molecular weight is 321 g/mol. The van der Waals surface area contributed by atoms with Gasteiger partial charge in [-0.05, 0) is 43.0 Å². The van der Waals surface area contributed by atoms with E-state index in [0.717, 1.165) is 18.2 Å². The lowest BCUT2D eigenvalue weighted by Crippen LogP contribution is -2.40. The lowest BCUT2D eigenvalue weighted by atomic mass is 9.91. The van der Waals surface area contributed by atoms with Crippen molar-refractivity contribution in [2.45, 2.75) is 25.2 Å². The zero-order chi connectivity index (χ0) is 15.5. The highest BCUT2D eigenvalue weighted by Crippen LogP contribution is 2.30. The Labute approximate surface area is 122 Å². The molecule has 1 unspecified atom stereocenters. The molecular weight excluding hydrogens is 303 g/mol. The van der Waals surface area contributed by atoms with E-state index in [1.165, 1.54) is 4.31 Å². The van der Waals surface area contributed by atoms with E-state index in [2.05, 4.69) is 0 Å². The summed E-state index contributed by atoms with van der Waals surface area (Å²) in [5.74, 6) is -1.68. The summed E-state index contributed by atoms with van der Waals surface area (Å²) in [5, 5.41) is 0. The van der Waals surface area contributed by atoms with Crippen molar-refractivity contribution in [1.82, 2.24) is 4.31 Å². The standard InChI is InChI=1S/C14H18F3NO2S/c15-6-2-8-21(19,20)18-7-1-3-11(10-18)13-9-12(16)4-5-14(13)17/h4-5,9,11H,1-3,6-8,10H2. The number of nitrogens with zero attached hydrogens (tertiary/aromatic N) is 1. The minimum atomic E-state index is -3.53. The van der Waals surface area contributed by atoms with E-state index in [1.54, 1.807) is 0 Å². The summed E-state index contributed by atoms with van der Waals surface area (Å²) < 4.78 is 64.6. The number of sulfonamides is 1. The predicted octanol–water partition coefficient (Wildman–Crippen LogP) is 2.83. The summed E-state index contributed by atoms with van der Waals surface area (Å²) in [6.45, 7) is -0.216. The maximum absolute atomic E-state index is 13.8. The number of hydrogen-bond donors (Lipinski definition) is 0. The van der Waals surface area contributed by atoms with Crippen LogP contribution in [0.5, 0.6) is 0 Å². The molecule has 1 fully saturated rings. The molecule has 1 aliphatic heterocycles. The second-order valence-corrected chi connectivity index (χ2v) is 7.31. The topological polar surface area (TPSA) is 37.4 Å². The van der Waals surface area contributed by atoms with Crippen LogP contribution in [0.2, 0.25) is 0 Å². The maximum Gasteiger partial charge on any atom is 0.214 e. The molecule has 0 bridgehead atoms. The molecule has 3 nitrogen and oxygen atoms in total. The van der Waals surface area contributed by atoms with Crippen LogP contribution >= 0.6 is 0 Å². The van der Waals surface area contributed by atoms with E-state index in [-0.39, 0.29) is 30.2 Å². The summed E-state index contributed by atoms with van der Waals surface area (Å²) >= 11 is 0. The first-order valence-corrected chi connectivity index (χ1v) is 8.53. The van der Waals surface area contributed by atoms with Gasteiger partial charge in [-0.2, -0.15) is 0 Å². The Bertz CT molecular complexity index is 592. The highest BCUT2D eigenvalue weighted by atomic mass is 32.2. The van der Waals surface area contributed by atoms with Crippen LogP contribution in [-0.2, 0) is 10.0 Å². The van der Waals surface area contributed by atoms with Gasteiger partial charge in [-0.3, -0.25) is 4.39 Å². The molecule has 1 saturated heterocycles. The summed E-state index contributed by atoms with van der Waals surface area (Å²) in [6, 6.07) is 3.22. The summed E-state index contributed by atoms with van der Waals surface area (Å²) in [4.78, 5) is 0. The van der Waals surface area contributed by atoms with Gasteiger partial charge in [-0.15, -0.1) is 0 Å². The zero-order valence-electron chi connectivity index (χ0n) is 11.6. The largest absolute Gasteiger partial charge is 0.251 e. The maximum atomic E-state index is 13.8. The van der Waals surface area contributed by atoms with Crippen molar-refractivity contribution in [3.8, 4) is 0 Å². The van der Waals surface area contributed by atoms with Gasteiger partial charge in [-0.25, -0.2) is 21.5 Å². The molecule has 0 amide bonds. The molecule has 7 heteroatoms. The molecule has 0 spiro atoms. The molecule has 1 aromatic carbocycles. The van der Waals surface area contributed by atoms with Gasteiger partial charge in [0.05, 0.1) is 12.4 Å². The lowest BCUT2D eigenvalue weighted by molar-refractivity contribution is 0.310. The highest BCUT2D eigenvalue weighted by Gasteiger charge is 2.30. The lowest BCUT2D eigenvalue weighted by Gasteiger charge is -2.32. The van der Waals surface area contributed by atoms with Crippen LogP contribution in [0.1, 0.15) is 30.7 Å². The van der Waals surface area contributed by atoms with Crippen LogP contribution in [0.4, 0.5) is 13.2 Å². The molecule has 1 heterocycles. The minimum absolute atomic E-state index is 0.0438. The number of rotatable bonds is 5. The van der Waals surface area contributed by atoms with Gasteiger partial charge >= 0.3 is 0 Å². The molecule has 0 radical (unpaired) electrons. The smallest absolute Gasteiger partial charge is 0.214 e. The fourth-order valence-corrected chi connectivity index (χ4v) is 4.19. The van der Waals surface area contributed by atoms with E-state index in [4.69, 9.17) is 0 Å². The predicted molar refractivity (Wildman–Crippen MR) is 74.3 cm³/mol. The van der Waals surface area contributed by atoms with Crippen molar-refractivity contribution in [1.29, 1.82) is 0 Å². The van der Waals surface area contributed by atoms with E-state index >= 15 is 0 Å². The fourth-order valence-electron chi connectivity index (χ4n) is 2.64. The van der Waals surface area contributed by atoms with Crippen molar-refractivity contribution in [3.05, 3.63) is 35.4 Å². The van der Waals surface area contributed by atoms with E-state index in [9.17, 15) is 21.6 Å². The Morgan fingerprint density at radius 2 is 2.05 bits per heavy atom. The van der Waals surface area contributed by atoms with Crippen LogP contribution in [0.3, 0.4) is 0 Å². The molecule has 0 aromatic heterocycles. The second-order valence-electron chi connectivity index (χ2n) is 5.22. The quantitative estimate of drug-likeness (QED) is 0.836. The molecule has 21 heavy (non-hydrogen) atoms. The second kappa shape index (κ2) is 6.79. The van der Waals surface area contributed by atoms with Crippen molar-refractivity contribution in [3.63, 3.8) is 0 Å². The Balaban J connectivity index is 2.15. The Hall–Kier alpha value is -1.08. The highest BCUT2D eigenvalue weighted by molar-refractivity contribution is 7.89. The Morgan fingerprint density at radius 3 is 2.76 bits per heavy atom. The van der Waals surface area contributed by atoms with Crippen LogP contribution in [-0.4, -0.2) is 38.2 Å². The third-order valence-corrected chi connectivity index (χ3v) is 5.63. The first-order valence-electron chi connectivity index (χ1n) is 6.93. The normalized spacial score (nSPS) is 20.6. The van der Waals surface area contributed by atoms with E-state index in [1.807, 2.05) is 0 Å². The van der Waals surface area contributed by atoms with Crippen molar-refractivity contribution >= 4 is 10.0 Å². The number of hydrogen-bond acceptors (Lipinski definition) is 2. The van der Waals surface area contributed by atoms with Crippen LogP contribution < -0.4 is 0 Å². The van der Waals surface area contributed by atoms with E-state index < -0.39 is 28.3 Å². The first-order chi connectivity index (χ1) is 9.94. The van der Waals surface area contributed by atoms with Gasteiger partial charge in [0.25, 0.3) is 0 Å². The molecule has 0 aliphatic carbocycles. The molecule has 1 aliphatic rings. The molecule has 0 saturated carbocycles. The van der Waals surface area contributed by atoms with Crippen molar-refractivity contribution < 1.29 is 21.6 Å². The zero-order valence-corrected chi connectivity index (χ0v) is 12.4. The summed E-state index contributed by atoms with van der Waals surface area (Å²) in [6.07, 6.45) is 1.14. The SMILES string of the molecule is O=S(=O)(CCCF)N1CCCC(c2cc(F)ccc2F)C1. The first kappa shape index (κ1) is 16.3. The molecular formula is C14H18F3NO2S. The number of piperidine rings is 1. The van der Waals surface area contributed by atoms with Gasteiger partial charge < -0.3 is 0 Å². The van der Waals surface area contributed by atoms with Crippen molar-refractivity contribution in [2.75, 3.05) is 25.5 Å². The monoisotopic (exact) mass is 321 g/mol. The summed E-state index contributed by atoms with van der Waals surface area (Å²) in [5.41, 5.74) is 0.209. The third-order valence-electron chi connectivity index (χ3n) is 3.71. The van der Waals surface area contributed by atoms with Gasteiger partial charge in [0.1, 0.15) is 11.6 Å². The Morgan fingerprint density at radius 1 is 1.29 bits per heavy atom. The molecule has 1 aromatic rings. The van der Waals surface area contributed by atoms with Gasteiger partial charge in [0.15, 0.2) is 0 Å². The average Bonchev–Trinajstić information content (AvgIpc) is 2.48. The Kier molecular flexibility index (Phi) is 5.27. The van der Waals surface area contributed by atoms with Crippen LogP contribution in [0.25, 0.3) is 0 Å². The molecule has 118 valence electrons. The van der Waals surface area contributed by atoms with Gasteiger partial charge in [-0.1, -0.05) is 0 Å². The van der Waals surface area contributed by atoms with Crippen molar-refractivity contribution in [2.24, 2.45) is 0 Å². The third kappa shape index (κ3) is 3.97. The molecule has 2 rings (SSSR count). The van der Waals surface area contributed by atoms with Crippen LogP contribution in [0, 0.1) is 11.6 Å². The minimum Gasteiger partial charge on any atom is -0.251 e. The summed E-state index contributed by atoms with van der Waals surface area (Å²) in [7, 11) is -3.53. The van der Waals surface area contributed by atoms with E-state index in [0.29, 0.717) is 19.4 Å². The van der Waals surface area contributed by atoms with Crippen LogP contribution in [0.15, 0.2) is 18.2 Å². The fraction of sp³-hybridized carbons (Fsp3) is 0.571. The number of halogens is 3. The van der Waals surface area contributed by atoms with Gasteiger partial charge in [0.2, 0.25) is 10.0 Å². The van der Waals surface area contributed by atoms with Gasteiger partial charge in [0, 0.05) is 19.0 Å². The number of alkyl halides is 1. The molecule has 0 N–H and O–H groups in total. The number of benzene rings is 1. The molecule has 1 atom stereocenters.